The van der Waals surface area contributed by atoms with Crippen LogP contribution in [0.5, 0.6) is 11.5 Å². The Morgan fingerprint density at radius 1 is 0.968 bits per heavy atom. The molecule has 31 heavy (non-hydrogen) atoms. The average Bonchev–Trinajstić information content (AvgIpc) is 2.75. The van der Waals surface area contributed by atoms with Crippen LogP contribution in [-0.2, 0) is 4.79 Å². The molecule has 0 bridgehead atoms. The topological polar surface area (TPSA) is 82.5 Å². The van der Waals surface area contributed by atoms with Crippen molar-refractivity contribution in [3.63, 3.8) is 0 Å². The monoisotopic (exact) mass is 450 g/mol. The third kappa shape index (κ3) is 4.48. The first-order valence-corrected chi connectivity index (χ1v) is 10.0. The SMILES string of the molecule is O=C(/C=C/c1ccc(O)c(O)c1)Nc1cnc2ccc(Cl)cc2c1-c1ccccc1Cl. The van der Waals surface area contributed by atoms with Crippen LogP contribution in [0.2, 0.25) is 10.0 Å². The molecule has 1 heterocycles. The number of carbonyl (C=O) groups is 1. The number of phenolic OH excluding ortho intramolecular Hbond substituents is 2. The normalized spacial score (nSPS) is 11.2. The second-order valence-corrected chi connectivity index (χ2v) is 7.60. The van der Waals surface area contributed by atoms with E-state index in [1.165, 1.54) is 24.3 Å². The molecule has 154 valence electrons. The van der Waals surface area contributed by atoms with Crippen molar-refractivity contribution in [2.75, 3.05) is 5.32 Å². The van der Waals surface area contributed by atoms with Crippen molar-refractivity contribution in [3.8, 4) is 22.6 Å². The van der Waals surface area contributed by atoms with Gasteiger partial charge in [-0.05, 0) is 48.0 Å². The molecule has 4 aromatic rings. The first kappa shape index (κ1) is 20.7. The lowest BCUT2D eigenvalue weighted by atomic mass is 9.99. The number of nitrogens with zero attached hydrogens (tertiary/aromatic N) is 1. The van der Waals surface area contributed by atoms with E-state index < -0.39 is 5.91 Å². The van der Waals surface area contributed by atoms with Gasteiger partial charge in [0, 0.05) is 32.6 Å². The summed E-state index contributed by atoms with van der Waals surface area (Å²) in [5.74, 6) is -0.893. The lowest BCUT2D eigenvalue weighted by Crippen LogP contribution is -2.09. The summed E-state index contributed by atoms with van der Waals surface area (Å²) in [6.45, 7) is 0. The summed E-state index contributed by atoms with van der Waals surface area (Å²) in [5, 5.41) is 23.7. The summed E-state index contributed by atoms with van der Waals surface area (Å²) in [4.78, 5) is 17.0. The van der Waals surface area contributed by atoms with Gasteiger partial charge < -0.3 is 15.5 Å². The summed E-state index contributed by atoms with van der Waals surface area (Å²) in [5.41, 5.74) is 3.20. The number of pyridine rings is 1. The minimum Gasteiger partial charge on any atom is -0.504 e. The van der Waals surface area contributed by atoms with Gasteiger partial charge in [0.05, 0.1) is 17.4 Å². The van der Waals surface area contributed by atoms with Crippen molar-refractivity contribution in [2.24, 2.45) is 0 Å². The van der Waals surface area contributed by atoms with Gasteiger partial charge in [0.1, 0.15) is 0 Å². The van der Waals surface area contributed by atoms with Crippen molar-refractivity contribution in [2.45, 2.75) is 0 Å². The number of fused-ring (bicyclic) bond motifs is 1. The van der Waals surface area contributed by atoms with Crippen LogP contribution in [0.15, 0.2) is 72.9 Å². The summed E-state index contributed by atoms with van der Waals surface area (Å²) in [6.07, 6.45) is 4.42. The standard InChI is InChI=1S/C24H16Cl2N2O3/c25-15-7-8-19-17(12-15)24(16-3-1-2-4-18(16)26)20(13-27-19)28-23(31)10-6-14-5-9-21(29)22(30)11-14/h1-13,29-30H,(H,28,31)/b10-6+. The molecule has 0 aliphatic heterocycles. The fourth-order valence-electron chi connectivity index (χ4n) is 3.20. The number of carbonyl (C=O) groups excluding carboxylic acids is 1. The number of aromatic nitrogens is 1. The second kappa shape index (κ2) is 8.68. The molecule has 5 nitrogen and oxygen atoms in total. The maximum Gasteiger partial charge on any atom is 0.248 e. The van der Waals surface area contributed by atoms with E-state index in [1.807, 2.05) is 18.2 Å². The highest BCUT2D eigenvalue weighted by molar-refractivity contribution is 6.34. The van der Waals surface area contributed by atoms with E-state index in [9.17, 15) is 15.0 Å². The highest BCUT2D eigenvalue weighted by atomic mass is 35.5. The summed E-state index contributed by atoms with van der Waals surface area (Å²) in [6, 6.07) is 17.0. The number of hydrogen-bond acceptors (Lipinski definition) is 4. The van der Waals surface area contributed by atoms with Crippen LogP contribution in [0, 0.1) is 0 Å². The van der Waals surface area contributed by atoms with Crippen molar-refractivity contribution >= 4 is 51.8 Å². The van der Waals surface area contributed by atoms with Crippen LogP contribution in [0.1, 0.15) is 5.56 Å². The Hall–Kier alpha value is -3.54. The molecule has 0 aliphatic rings. The van der Waals surface area contributed by atoms with Gasteiger partial charge in [0.2, 0.25) is 5.91 Å². The molecule has 7 heteroatoms. The number of nitrogens with one attached hydrogen (secondary N) is 1. The molecule has 1 amide bonds. The lowest BCUT2D eigenvalue weighted by Gasteiger charge is -2.14. The lowest BCUT2D eigenvalue weighted by molar-refractivity contribution is -0.111. The second-order valence-electron chi connectivity index (χ2n) is 6.76. The molecule has 4 rings (SSSR count). The van der Waals surface area contributed by atoms with Gasteiger partial charge >= 0.3 is 0 Å². The van der Waals surface area contributed by atoms with Gasteiger partial charge in [-0.15, -0.1) is 0 Å². The van der Waals surface area contributed by atoms with Gasteiger partial charge in [0.15, 0.2) is 11.5 Å². The minimum atomic E-state index is -0.399. The van der Waals surface area contributed by atoms with Gasteiger partial charge in [-0.2, -0.15) is 0 Å². The third-order valence-electron chi connectivity index (χ3n) is 4.66. The predicted octanol–water partition coefficient (Wildman–Crippen LogP) is 6.27. The number of aromatic hydroxyl groups is 2. The van der Waals surface area contributed by atoms with E-state index in [0.717, 1.165) is 10.9 Å². The van der Waals surface area contributed by atoms with E-state index in [-0.39, 0.29) is 11.5 Å². The number of hydrogen-bond donors (Lipinski definition) is 3. The van der Waals surface area contributed by atoms with Crippen LogP contribution < -0.4 is 5.32 Å². The number of halogens is 2. The smallest absolute Gasteiger partial charge is 0.248 e. The fraction of sp³-hybridized carbons (Fsp3) is 0. The quantitative estimate of drug-likeness (QED) is 0.252. The van der Waals surface area contributed by atoms with Crippen LogP contribution in [0.4, 0.5) is 5.69 Å². The summed E-state index contributed by atoms with van der Waals surface area (Å²) in [7, 11) is 0. The van der Waals surface area contributed by atoms with E-state index >= 15 is 0 Å². The molecular weight excluding hydrogens is 435 g/mol. The van der Waals surface area contributed by atoms with E-state index in [0.29, 0.717) is 32.4 Å². The van der Waals surface area contributed by atoms with E-state index in [1.54, 1.807) is 36.5 Å². The molecule has 3 aromatic carbocycles. The molecule has 0 fully saturated rings. The van der Waals surface area contributed by atoms with E-state index in [2.05, 4.69) is 10.3 Å². The third-order valence-corrected chi connectivity index (χ3v) is 5.22. The summed E-state index contributed by atoms with van der Waals surface area (Å²) >= 11 is 12.7. The Kier molecular flexibility index (Phi) is 5.80. The highest BCUT2D eigenvalue weighted by Crippen LogP contribution is 2.39. The average molecular weight is 451 g/mol. The molecule has 0 saturated carbocycles. The Morgan fingerprint density at radius 2 is 1.77 bits per heavy atom. The largest absolute Gasteiger partial charge is 0.504 e. The fourth-order valence-corrected chi connectivity index (χ4v) is 3.61. The molecule has 0 spiro atoms. The molecule has 0 unspecified atom stereocenters. The molecule has 0 atom stereocenters. The predicted molar refractivity (Wildman–Crippen MR) is 125 cm³/mol. The molecular formula is C24H16Cl2N2O3. The van der Waals surface area contributed by atoms with Crippen molar-refractivity contribution in [1.82, 2.24) is 4.98 Å². The zero-order chi connectivity index (χ0) is 22.0. The highest BCUT2D eigenvalue weighted by Gasteiger charge is 2.15. The first-order valence-electron chi connectivity index (χ1n) is 9.26. The Morgan fingerprint density at radius 3 is 2.55 bits per heavy atom. The minimum absolute atomic E-state index is 0.230. The van der Waals surface area contributed by atoms with Crippen molar-refractivity contribution in [3.05, 3.63) is 88.5 Å². The zero-order valence-electron chi connectivity index (χ0n) is 16.0. The maximum atomic E-state index is 12.6. The maximum absolute atomic E-state index is 12.6. The van der Waals surface area contributed by atoms with E-state index in [4.69, 9.17) is 23.2 Å². The van der Waals surface area contributed by atoms with Crippen LogP contribution in [-0.4, -0.2) is 21.1 Å². The molecule has 1 aromatic heterocycles. The first-order chi connectivity index (χ1) is 14.9. The number of phenols is 2. The molecule has 0 radical (unpaired) electrons. The van der Waals surface area contributed by atoms with Gasteiger partial charge in [-0.1, -0.05) is 47.5 Å². The Balaban J connectivity index is 1.74. The number of anilines is 1. The Labute approximate surface area is 188 Å². The summed E-state index contributed by atoms with van der Waals surface area (Å²) < 4.78 is 0. The number of benzene rings is 3. The molecule has 3 N–H and O–H groups in total. The Bertz CT molecular complexity index is 1340. The number of amides is 1. The van der Waals surface area contributed by atoms with Crippen molar-refractivity contribution in [1.29, 1.82) is 0 Å². The molecule has 0 saturated heterocycles. The van der Waals surface area contributed by atoms with Crippen LogP contribution >= 0.6 is 23.2 Å². The van der Waals surface area contributed by atoms with Gasteiger partial charge in [-0.3, -0.25) is 9.78 Å². The molecule has 0 aliphatic carbocycles. The van der Waals surface area contributed by atoms with Gasteiger partial charge in [0.25, 0.3) is 0 Å². The van der Waals surface area contributed by atoms with Crippen LogP contribution in [0.25, 0.3) is 28.1 Å². The number of rotatable bonds is 4. The van der Waals surface area contributed by atoms with Crippen LogP contribution in [0.3, 0.4) is 0 Å². The zero-order valence-corrected chi connectivity index (χ0v) is 17.5. The van der Waals surface area contributed by atoms with Gasteiger partial charge in [-0.25, -0.2) is 0 Å². The van der Waals surface area contributed by atoms with Crippen molar-refractivity contribution < 1.29 is 15.0 Å².